The Morgan fingerprint density at radius 2 is 2.33 bits per heavy atom. The summed E-state index contributed by atoms with van der Waals surface area (Å²) in [4.78, 5) is 17.9. The summed E-state index contributed by atoms with van der Waals surface area (Å²) in [5.74, 6) is 0.651. The summed E-state index contributed by atoms with van der Waals surface area (Å²) in [6.07, 6.45) is 3.35. The van der Waals surface area contributed by atoms with Crippen molar-refractivity contribution in [3.8, 4) is 0 Å². The van der Waals surface area contributed by atoms with Crippen molar-refractivity contribution >= 4 is 5.91 Å². The summed E-state index contributed by atoms with van der Waals surface area (Å²) in [5.41, 5.74) is 0.687. The van der Waals surface area contributed by atoms with E-state index in [1.54, 1.807) is 11.9 Å². The zero-order valence-corrected chi connectivity index (χ0v) is 10.8. The number of aromatic amines is 1. The van der Waals surface area contributed by atoms with Crippen LogP contribution in [0.3, 0.4) is 0 Å². The van der Waals surface area contributed by atoms with Crippen molar-refractivity contribution in [3.05, 3.63) is 36.2 Å². The van der Waals surface area contributed by atoms with E-state index in [0.29, 0.717) is 18.1 Å². The molecule has 0 spiro atoms. The van der Waals surface area contributed by atoms with Crippen LogP contribution in [0.1, 0.15) is 36.2 Å². The highest BCUT2D eigenvalue weighted by Gasteiger charge is 2.17. The second kappa shape index (κ2) is 5.03. The van der Waals surface area contributed by atoms with Crippen LogP contribution in [0.4, 0.5) is 0 Å². The van der Waals surface area contributed by atoms with E-state index in [9.17, 15) is 4.79 Å². The molecule has 0 aromatic carbocycles. The summed E-state index contributed by atoms with van der Waals surface area (Å²) in [5, 5.41) is 6.51. The van der Waals surface area contributed by atoms with Crippen LogP contribution in [-0.2, 0) is 6.54 Å². The molecular weight excluding hydrogens is 230 g/mol. The molecule has 6 heteroatoms. The van der Waals surface area contributed by atoms with Gasteiger partial charge >= 0.3 is 0 Å². The molecule has 0 aliphatic heterocycles. The molecule has 0 saturated heterocycles. The van der Waals surface area contributed by atoms with Crippen LogP contribution in [0.15, 0.2) is 24.7 Å². The Hall–Kier alpha value is -2.11. The first-order valence-electron chi connectivity index (χ1n) is 5.86. The predicted octanol–water partition coefficient (Wildman–Crippen LogP) is 1.46. The molecule has 0 aliphatic rings. The average molecular weight is 247 g/mol. The van der Waals surface area contributed by atoms with Crippen molar-refractivity contribution in [2.45, 2.75) is 26.4 Å². The number of hydrogen-bond acceptors (Lipinski definition) is 3. The highest BCUT2D eigenvalue weighted by molar-refractivity contribution is 5.92. The van der Waals surface area contributed by atoms with Crippen LogP contribution in [-0.4, -0.2) is 37.6 Å². The fourth-order valence-electron chi connectivity index (χ4n) is 1.82. The Morgan fingerprint density at radius 1 is 1.56 bits per heavy atom. The fourth-order valence-corrected chi connectivity index (χ4v) is 1.82. The molecule has 1 amide bonds. The van der Waals surface area contributed by atoms with Crippen molar-refractivity contribution in [2.24, 2.45) is 0 Å². The van der Waals surface area contributed by atoms with Crippen LogP contribution in [0, 0.1) is 0 Å². The molecule has 0 unspecified atom stereocenters. The molecule has 2 aromatic heterocycles. The zero-order chi connectivity index (χ0) is 13.1. The van der Waals surface area contributed by atoms with Gasteiger partial charge < -0.3 is 9.47 Å². The minimum Gasteiger partial charge on any atom is -0.341 e. The van der Waals surface area contributed by atoms with Crippen LogP contribution in [0.2, 0.25) is 0 Å². The maximum absolute atomic E-state index is 12.3. The van der Waals surface area contributed by atoms with Gasteiger partial charge in [-0.2, -0.15) is 5.10 Å². The third kappa shape index (κ3) is 2.42. The smallest absolute Gasteiger partial charge is 0.270 e. The number of H-pyrrole nitrogens is 1. The Balaban J connectivity index is 2.13. The van der Waals surface area contributed by atoms with E-state index in [-0.39, 0.29) is 11.9 Å². The number of carbonyl (C=O) groups is 1. The van der Waals surface area contributed by atoms with E-state index in [1.165, 1.54) is 6.33 Å². The SMILES string of the molecule is CC(C)n1cccc1C(=O)N(C)Cc1ncn[nH]1. The quantitative estimate of drug-likeness (QED) is 0.889. The van der Waals surface area contributed by atoms with Gasteiger partial charge in [-0.3, -0.25) is 9.89 Å². The number of nitrogens with one attached hydrogen (secondary N) is 1. The standard InChI is InChI=1S/C12H17N5O/c1-9(2)17-6-4-5-10(17)12(18)16(3)7-11-13-8-14-15-11/h4-6,8-9H,7H2,1-3H3,(H,13,14,15). The monoisotopic (exact) mass is 247 g/mol. The summed E-state index contributed by atoms with van der Waals surface area (Å²) in [7, 11) is 1.75. The lowest BCUT2D eigenvalue weighted by molar-refractivity contribution is 0.0769. The van der Waals surface area contributed by atoms with Gasteiger partial charge in [-0.05, 0) is 26.0 Å². The normalized spacial score (nSPS) is 10.9. The molecule has 0 bridgehead atoms. The second-order valence-corrected chi connectivity index (χ2v) is 4.49. The topological polar surface area (TPSA) is 66.8 Å². The predicted molar refractivity (Wildman–Crippen MR) is 67.0 cm³/mol. The molecule has 0 atom stereocenters. The molecule has 0 fully saturated rings. The van der Waals surface area contributed by atoms with E-state index in [2.05, 4.69) is 15.2 Å². The molecule has 18 heavy (non-hydrogen) atoms. The molecule has 0 aliphatic carbocycles. The maximum atomic E-state index is 12.3. The highest BCUT2D eigenvalue weighted by Crippen LogP contribution is 2.13. The molecule has 0 radical (unpaired) electrons. The summed E-state index contributed by atoms with van der Waals surface area (Å²) >= 11 is 0. The van der Waals surface area contributed by atoms with Gasteiger partial charge in [0.05, 0.1) is 6.54 Å². The fraction of sp³-hybridized carbons (Fsp3) is 0.417. The molecule has 96 valence electrons. The van der Waals surface area contributed by atoms with E-state index in [1.807, 2.05) is 36.7 Å². The van der Waals surface area contributed by atoms with Crippen LogP contribution >= 0.6 is 0 Å². The Morgan fingerprint density at radius 3 is 2.94 bits per heavy atom. The molecular formula is C12H17N5O. The number of nitrogens with zero attached hydrogens (tertiary/aromatic N) is 4. The Labute approximate surface area is 106 Å². The molecule has 2 rings (SSSR count). The number of hydrogen-bond donors (Lipinski definition) is 1. The summed E-state index contributed by atoms with van der Waals surface area (Å²) < 4.78 is 1.96. The van der Waals surface area contributed by atoms with E-state index < -0.39 is 0 Å². The number of carbonyl (C=O) groups excluding carboxylic acids is 1. The Bertz CT molecular complexity index is 514. The van der Waals surface area contributed by atoms with Crippen molar-refractivity contribution in [1.29, 1.82) is 0 Å². The van der Waals surface area contributed by atoms with Gasteiger partial charge in [-0.25, -0.2) is 4.98 Å². The number of amides is 1. The van der Waals surface area contributed by atoms with Crippen molar-refractivity contribution in [1.82, 2.24) is 24.6 Å². The minimum atomic E-state index is -0.0231. The van der Waals surface area contributed by atoms with Crippen LogP contribution in [0.25, 0.3) is 0 Å². The number of aromatic nitrogens is 4. The largest absolute Gasteiger partial charge is 0.341 e. The van der Waals surface area contributed by atoms with E-state index in [4.69, 9.17) is 0 Å². The highest BCUT2D eigenvalue weighted by atomic mass is 16.2. The second-order valence-electron chi connectivity index (χ2n) is 4.49. The first kappa shape index (κ1) is 12.3. The molecule has 6 nitrogen and oxygen atoms in total. The first-order chi connectivity index (χ1) is 8.59. The Kier molecular flexibility index (Phi) is 3.45. The molecule has 1 N–H and O–H groups in total. The van der Waals surface area contributed by atoms with Crippen molar-refractivity contribution < 1.29 is 4.79 Å². The molecule has 2 aromatic rings. The third-order valence-corrected chi connectivity index (χ3v) is 2.75. The lowest BCUT2D eigenvalue weighted by atomic mass is 10.3. The summed E-state index contributed by atoms with van der Waals surface area (Å²) in [6.45, 7) is 4.52. The zero-order valence-electron chi connectivity index (χ0n) is 10.8. The van der Waals surface area contributed by atoms with Crippen LogP contribution < -0.4 is 0 Å². The summed E-state index contributed by atoms with van der Waals surface area (Å²) in [6, 6.07) is 3.98. The average Bonchev–Trinajstić information content (AvgIpc) is 2.97. The van der Waals surface area contributed by atoms with E-state index >= 15 is 0 Å². The lowest BCUT2D eigenvalue weighted by Gasteiger charge is -2.18. The van der Waals surface area contributed by atoms with Gasteiger partial charge in [0.25, 0.3) is 5.91 Å². The molecule has 0 saturated carbocycles. The minimum absolute atomic E-state index is 0.0231. The van der Waals surface area contributed by atoms with Crippen molar-refractivity contribution in [2.75, 3.05) is 7.05 Å². The lowest BCUT2D eigenvalue weighted by Crippen LogP contribution is -2.29. The first-order valence-corrected chi connectivity index (χ1v) is 5.86. The van der Waals surface area contributed by atoms with E-state index in [0.717, 1.165) is 0 Å². The van der Waals surface area contributed by atoms with Crippen molar-refractivity contribution in [3.63, 3.8) is 0 Å². The number of rotatable bonds is 4. The third-order valence-electron chi connectivity index (χ3n) is 2.75. The van der Waals surface area contributed by atoms with Crippen LogP contribution in [0.5, 0.6) is 0 Å². The van der Waals surface area contributed by atoms with Gasteiger partial charge in [0.15, 0.2) is 0 Å². The molecule has 2 heterocycles. The maximum Gasteiger partial charge on any atom is 0.270 e. The van der Waals surface area contributed by atoms with Gasteiger partial charge in [0.2, 0.25) is 0 Å². The van der Waals surface area contributed by atoms with Gasteiger partial charge in [0, 0.05) is 19.3 Å². The van der Waals surface area contributed by atoms with Gasteiger partial charge in [-0.1, -0.05) is 0 Å². The van der Waals surface area contributed by atoms with Gasteiger partial charge in [0.1, 0.15) is 17.8 Å². The van der Waals surface area contributed by atoms with Gasteiger partial charge in [-0.15, -0.1) is 0 Å².